The van der Waals surface area contributed by atoms with Gasteiger partial charge in [0.15, 0.2) is 0 Å². The van der Waals surface area contributed by atoms with Crippen molar-refractivity contribution in [3.05, 3.63) is 12.2 Å². The van der Waals surface area contributed by atoms with E-state index in [2.05, 4.69) is 16.7 Å². The van der Waals surface area contributed by atoms with Gasteiger partial charge in [-0.1, -0.05) is 12.2 Å². The lowest BCUT2D eigenvalue weighted by Gasteiger charge is -1.99. The van der Waals surface area contributed by atoms with Crippen LogP contribution in [0.5, 0.6) is 0 Å². The maximum atomic E-state index is 10.5. The average Bonchev–Trinajstić information content (AvgIpc) is 2.14. The Morgan fingerprint density at radius 2 is 1.47 bits per heavy atom. The summed E-state index contributed by atoms with van der Waals surface area (Å²) in [7, 11) is 0. The number of carbonyl (C=O) groups excluding carboxylic acids is 2. The standard InChI is InChI=1S/C11H20N2O2/c1-10(14)12-8-6-4-3-5-7-9-13-11(2)15/h3-4H,5-9H2,1-2H3,(H,12,14)(H,13,15). The van der Waals surface area contributed by atoms with Gasteiger partial charge >= 0.3 is 0 Å². The first-order valence-corrected chi connectivity index (χ1v) is 5.27. The van der Waals surface area contributed by atoms with E-state index < -0.39 is 0 Å². The van der Waals surface area contributed by atoms with Crippen molar-refractivity contribution in [2.24, 2.45) is 0 Å². The molecule has 0 radical (unpaired) electrons. The predicted octanol–water partition coefficient (Wildman–Crippen LogP) is 0.985. The topological polar surface area (TPSA) is 58.2 Å². The first kappa shape index (κ1) is 13.7. The van der Waals surface area contributed by atoms with Crippen molar-refractivity contribution in [1.29, 1.82) is 0 Å². The molecule has 0 heterocycles. The maximum Gasteiger partial charge on any atom is 0.216 e. The third kappa shape index (κ3) is 12.7. The molecule has 0 unspecified atom stereocenters. The third-order valence-corrected chi connectivity index (χ3v) is 1.77. The lowest BCUT2D eigenvalue weighted by atomic mass is 10.2. The average molecular weight is 212 g/mol. The second-order valence-corrected chi connectivity index (χ2v) is 3.37. The minimum atomic E-state index is 0.00839. The fourth-order valence-corrected chi connectivity index (χ4v) is 1.05. The number of nitrogens with one attached hydrogen (secondary N) is 2. The molecule has 0 fully saturated rings. The van der Waals surface area contributed by atoms with E-state index in [1.807, 2.05) is 6.08 Å². The summed E-state index contributed by atoms with van der Waals surface area (Å²) >= 11 is 0. The summed E-state index contributed by atoms with van der Waals surface area (Å²) in [6.45, 7) is 4.45. The number of amides is 2. The lowest BCUT2D eigenvalue weighted by molar-refractivity contribution is -0.119. The number of hydrogen-bond donors (Lipinski definition) is 2. The molecular formula is C11H20N2O2. The molecule has 0 aromatic rings. The van der Waals surface area contributed by atoms with Crippen LogP contribution in [0.4, 0.5) is 0 Å². The van der Waals surface area contributed by atoms with Crippen LogP contribution in [0, 0.1) is 0 Å². The molecule has 0 spiro atoms. The Morgan fingerprint density at radius 1 is 0.933 bits per heavy atom. The van der Waals surface area contributed by atoms with Crippen molar-refractivity contribution >= 4 is 11.8 Å². The van der Waals surface area contributed by atoms with E-state index >= 15 is 0 Å². The summed E-state index contributed by atoms with van der Waals surface area (Å²) in [5.41, 5.74) is 0. The van der Waals surface area contributed by atoms with Gasteiger partial charge < -0.3 is 10.6 Å². The Balaban J connectivity index is 3.17. The molecule has 0 rings (SSSR count). The minimum Gasteiger partial charge on any atom is -0.356 e. The largest absolute Gasteiger partial charge is 0.356 e. The van der Waals surface area contributed by atoms with E-state index in [1.54, 1.807) is 0 Å². The molecule has 0 aromatic heterocycles. The first-order chi connectivity index (χ1) is 7.13. The second kappa shape index (κ2) is 9.24. The molecule has 0 saturated heterocycles. The molecule has 15 heavy (non-hydrogen) atoms. The smallest absolute Gasteiger partial charge is 0.216 e. The third-order valence-electron chi connectivity index (χ3n) is 1.77. The lowest BCUT2D eigenvalue weighted by Crippen LogP contribution is -2.20. The highest BCUT2D eigenvalue weighted by Crippen LogP contribution is 1.91. The van der Waals surface area contributed by atoms with Crippen LogP contribution in [0.25, 0.3) is 0 Å². The fourth-order valence-electron chi connectivity index (χ4n) is 1.05. The zero-order valence-electron chi connectivity index (χ0n) is 9.51. The summed E-state index contributed by atoms with van der Waals surface area (Å²) in [5.74, 6) is 0.0266. The Labute approximate surface area is 91.1 Å². The number of allylic oxidation sites excluding steroid dienone is 1. The second-order valence-electron chi connectivity index (χ2n) is 3.37. The fraction of sp³-hybridized carbons (Fsp3) is 0.636. The molecule has 4 heteroatoms. The number of unbranched alkanes of at least 4 members (excludes halogenated alkanes) is 1. The van der Waals surface area contributed by atoms with E-state index in [1.165, 1.54) is 13.8 Å². The molecule has 0 saturated carbocycles. The highest BCUT2D eigenvalue weighted by Gasteiger charge is 1.89. The van der Waals surface area contributed by atoms with Crippen LogP contribution in [0.15, 0.2) is 12.2 Å². The highest BCUT2D eigenvalue weighted by atomic mass is 16.1. The van der Waals surface area contributed by atoms with Gasteiger partial charge in [0.25, 0.3) is 0 Å². The van der Waals surface area contributed by atoms with Gasteiger partial charge in [0, 0.05) is 26.9 Å². The summed E-state index contributed by atoms with van der Waals surface area (Å²) in [5, 5.41) is 5.45. The molecule has 2 amide bonds. The highest BCUT2D eigenvalue weighted by molar-refractivity contribution is 5.73. The van der Waals surface area contributed by atoms with Crippen LogP contribution < -0.4 is 10.6 Å². The Bertz CT molecular complexity index is 225. The predicted molar refractivity (Wildman–Crippen MR) is 60.4 cm³/mol. The Kier molecular flexibility index (Phi) is 8.43. The Hall–Kier alpha value is -1.32. The van der Waals surface area contributed by atoms with Gasteiger partial charge in [0.1, 0.15) is 0 Å². The van der Waals surface area contributed by atoms with Crippen molar-refractivity contribution in [2.75, 3.05) is 13.1 Å². The van der Waals surface area contributed by atoms with Crippen molar-refractivity contribution in [2.45, 2.75) is 33.1 Å². The number of rotatable bonds is 7. The molecule has 0 atom stereocenters. The molecular weight excluding hydrogens is 192 g/mol. The van der Waals surface area contributed by atoms with E-state index in [-0.39, 0.29) is 11.8 Å². The molecule has 2 N–H and O–H groups in total. The molecule has 0 aliphatic carbocycles. The molecule has 0 aliphatic heterocycles. The van der Waals surface area contributed by atoms with Gasteiger partial charge in [-0.05, 0) is 19.3 Å². The summed E-state index contributed by atoms with van der Waals surface area (Å²) in [6.07, 6.45) is 6.89. The van der Waals surface area contributed by atoms with Crippen LogP contribution in [-0.2, 0) is 9.59 Å². The SMILES string of the molecule is CC(=O)NCCC=CCCCNC(C)=O. The van der Waals surface area contributed by atoms with Crippen LogP contribution in [0.2, 0.25) is 0 Å². The zero-order valence-corrected chi connectivity index (χ0v) is 9.51. The van der Waals surface area contributed by atoms with Gasteiger partial charge in [-0.15, -0.1) is 0 Å². The van der Waals surface area contributed by atoms with Gasteiger partial charge in [0.05, 0.1) is 0 Å². The van der Waals surface area contributed by atoms with Crippen molar-refractivity contribution in [1.82, 2.24) is 10.6 Å². The molecule has 0 aliphatic rings. The Morgan fingerprint density at radius 3 is 2.07 bits per heavy atom. The molecule has 0 bridgehead atoms. The zero-order chi connectivity index (χ0) is 11.5. The molecule has 4 nitrogen and oxygen atoms in total. The van der Waals surface area contributed by atoms with Crippen molar-refractivity contribution in [3.8, 4) is 0 Å². The van der Waals surface area contributed by atoms with Gasteiger partial charge in [-0.3, -0.25) is 9.59 Å². The summed E-state index contributed by atoms with van der Waals surface area (Å²) < 4.78 is 0. The van der Waals surface area contributed by atoms with Crippen molar-refractivity contribution < 1.29 is 9.59 Å². The number of hydrogen-bond acceptors (Lipinski definition) is 2. The first-order valence-electron chi connectivity index (χ1n) is 5.27. The quantitative estimate of drug-likeness (QED) is 0.488. The van der Waals surface area contributed by atoms with Gasteiger partial charge in [0.2, 0.25) is 11.8 Å². The van der Waals surface area contributed by atoms with Crippen LogP contribution >= 0.6 is 0 Å². The van der Waals surface area contributed by atoms with Crippen LogP contribution in [-0.4, -0.2) is 24.9 Å². The number of carbonyl (C=O) groups is 2. The maximum absolute atomic E-state index is 10.5. The molecule has 86 valence electrons. The van der Waals surface area contributed by atoms with Crippen molar-refractivity contribution in [3.63, 3.8) is 0 Å². The van der Waals surface area contributed by atoms with E-state index in [0.717, 1.165) is 25.8 Å². The minimum absolute atomic E-state index is 0.00839. The summed E-state index contributed by atoms with van der Waals surface area (Å²) in [4.78, 5) is 21.0. The molecule has 0 aromatic carbocycles. The van der Waals surface area contributed by atoms with E-state index in [9.17, 15) is 9.59 Å². The summed E-state index contributed by atoms with van der Waals surface area (Å²) in [6, 6.07) is 0. The van der Waals surface area contributed by atoms with Gasteiger partial charge in [-0.2, -0.15) is 0 Å². The van der Waals surface area contributed by atoms with E-state index in [4.69, 9.17) is 0 Å². The van der Waals surface area contributed by atoms with Gasteiger partial charge in [-0.25, -0.2) is 0 Å². The van der Waals surface area contributed by atoms with Crippen LogP contribution in [0.3, 0.4) is 0 Å². The monoisotopic (exact) mass is 212 g/mol. The van der Waals surface area contributed by atoms with E-state index in [0.29, 0.717) is 6.54 Å². The normalized spacial score (nSPS) is 10.3. The van der Waals surface area contributed by atoms with Crippen LogP contribution in [0.1, 0.15) is 33.1 Å².